The van der Waals surface area contributed by atoms with Gasteiger partial charge in [-0.2, -0.15) is 0 Å². The molecule has 1 fully saturated rings. The van der Waals surface area contributed by atoms with Crippen molar-refractivity contribution in [3.63, 3.8) is 0 Å². The van der Waals surface area contributed by atoms with Crippen LogP contribution in [0.4, 0.5) is 5.95 Å². The van der Waals surface area contributed by atoms with Crippen molar-refractivity contribution in [1.82, 2.24) is 20.6 Å². The van der Waals surface area contributed by atoms with E-state index in [0.29, 0.717) is 29.9 Å². The number of nitrogens with one attached hydrogen (secondary N) is 3. The average Bonchev–Trinajstić information content (AvgIpc) is 2.86. The van der Waals surface area contributed by atoms with Crippen molar-refractivity contribution in [2.45, 2.75) is 18.5 Å². The minimum atomic E-state index is -0.699. The zero-order chi connectivity index (χ0) is 25.1. The highest BCUT2D eigenvalue weighted by Gasteiger charge is 2.27. The molecule has 2 atom stereocenters. The number of aromatic nitrogens is 2. The van der Waals surface area contributed by atoms with E-state index in [1.54, 1.807) is 12.1 Å². The van der Waals surface area contributed by atoms with Crippen LogP contribution in [0.15, 0.2) is 40.2 Å². The van der Waals surface area contributed by atoms with E-state index in [9.17, 15) is 9.59 Å². The first kappa shape index (κ1) is 24.8. The number of anilines is 1. The number of nitrogens with zero attached hydrogens (tertiary/aromatic N) is 2. The van der Waals surface area contributed by atoms with Crippen molar-refractivity contribution in [1.29, 1.82) is 0 Å². The number of fused-ring (bicyclic) bond motifs is 1. The van der Waals surface area contributed by atoms with E-state index >= 15 is 0 Å². The Morgan fingerprint density at radius 1 is 1.23 bits per heavy atom. The van der Waals surface area contributed by atoms with Crippen LogP contribution in [0.1, 0.15) is 6.42 Å². The largest absolute Gasteiger partial charge is 0.495 e. The van der Waals surface area contributed by atoms with Gasteiger partial charge in [0.1, 0.15) is 17.3 Å². The third kappa shape index (κ3) is 5.04. The second kappa shape index (κ2) is 10.5. The molecule has 1 saturated heterocycles. The van der Waals surface area contributed by atoms with Crippen molar-refractivity contribution in [2.24, 2.45) is 0 Å². The van der Waals surface area contributed by atoms with E-state index in [4.69, 9.17) is 37.1 Å². The quantitative estimate of drug-likeness (QED) is 0.403. The van der Waals surface area contributed by atoms with Crippen LogP contribution in [-0.2, 0) is 4.79 Å². The lowest BCUT2D eigenvalue weighted by molar-refractivity contribution is -0.117. The first-order valence-corrected chi connectivity index (χ1v) is 11.4. The van der Waals surface area contributed by atoms with E-state index in [0.717, 1.165) is 6.54 Å². The molecule has 0 aliphatic carbocycles. The molecular formula is C23H23Cl2N5O5. The van der Waals surface area contributed by atoms with Crippen LogP contribution in [-0.4, -0.2) is 55.3 Å². The number of methoxy groups -OCH3 is 2. The molecule has 3 heterocycles. The molecule has 184 valence electrons. The molecule has 0 saturated carbocycles. The van der Waals surface area contributed by atoms with E-state index in [2.05, 4.69) is 32.5 Å². The first-order chi connectivity index (χ1) is 16.9. The van der Waals surface area contributed by atoms with Crippen LogP contribution in [0.25, 0.3) is 22.2 Å². The Morgan fingerprint density at radius 2 is 1.94 bits per heavy atom. The maximum atomic E-state index is 12.9. The molecule has 12 heteroatoms. The minimum absolute atomic E-state index is 0.0730. The fourth-order valence-corrected chi connectivity index (χ4v) is 4.55. The molecular weight excluding hydrogens is 497 g/mol. The predicted octanol–water partition coefficient (Wildman–Crippen LogP) is 3.02. The molecule has 1 amide bonds. The van der Waals surface area contributed by atoms with E-state index in [1.165, 1.54) is 26.5 Å². The van der Waals surface area contributed by atoms with Crippen LogP contribution in [0.3, 0.4) is 0 Å². The van der Waals surface area contributed by atoms with Gasteiger partial charge in [-0.05, 0) is 25.1 Å². The standard InChI is InChI=1S/C23H23Cl2N5O5/c1-4-17(31)28-12-5-6-26-10-13(12)29-23-27-9-11-7-14(35-22(32)21(11)30-23)18-19(24)15(33-2)8-16(34-3)20(18)25/h4,7-9,12-13,26H,1,5-6,10H2,2-3H3,(H,28,31)(H,27,29,30)/t12-,13+/m0/s1. The summed E-state index contributed by atoms with van der Waals surface area (Å²) in [6, 6.07) is 2.76. The Bertz CT molecular complexity index is 1320. The van der Waals surface area contributed by atoms with Gasteiger partial charge >= 0.3 is 5.63 Å². The number of hydrogen-bond donors (Lipinski definition) is 3. The summed E-state index contributed by atoms with van der Waals surface area (Å²) >= 11 is 12.9. The van der Waals surface area contributed by atoms with Gasteiger partial charge in [0.25, 0.3) is 0 Å². The van der Waals surface area contributed by atoms with Gasteiger partial charge in [-0.15, -0.1) is 0 Å². The summed E-state index contributed by atoms with van der Waals surface area (Å²) in [4.78, 5) is 33.4. The lowest BCUT2D eigenvalue weighted by Crippen LogP contribution is -2.55. The number of piperidine rings is 1. The summed E-state index contributed by atoms with van der Waals surface area (Å²) < 4.78 is 16.1. The second-order valence-electron chi connectivity index (χ2n) is 7.74. The molecule has 2 aromatic heterocycles. The zero-order valence-corrected chi connectivity index (χ0v) is 20.5. The summed E-state index contributed by atoms with van der Waals surface area (Å²) in [6.45, 7) is 4.82. The molecule has 1 aromatic carbocycles. The number of amides is 1. The third-order valence-corrected chi connectivity index (χ3v) is 6.38. The number of hydrogen-bond acceptors (Lipinski definition) is 9. The maximum Gasteiger partial charge on any atom is 0.363 e. The van der Waals surface area contributed by atoms with Crippen molar-refractivity contribution in [3.8, 4) is 22.8 Å². The number of benzene rings is 1. The van der Waals surface area contributed by atoms with Crippen LogP contribution >= 0.6 is 23.2 Å². The summed E-state index contributed by atoms with van der Waals surface area (Å²) in [7, 11) is 2.90. The van der Waals surface area contributed by atoms with Crippen LogP contribution < -0.4 is 31.0 Å². The molecule has 3 N–H and O–H groups in total. The van der Waals surface area contributed by atoms with Crippen molar-refractivity contribution in [2.75, 3.05) is 32.6 Å². The molecule has 0 bridgehead atoms. The van der Waals surface area contributed by atoms with E-state index in [-0.39, 0.29) is 50.8 Å². The molecule has 4 rings (SSSR count). The van der Waals surface area contributed by atoms with Gasteiger partial charge in [-0.1, -0.05) is 29.8 Å². The summed E-state index contributed by atoms with van der Waals surface area (Å²) in [5, 5.41) is 10.1. The molecule has 3 aromatic rings. The fourth-order valence-electron chi connectivity index (χ4n) is 3.86. The maximum absolute atomic E-state index is 12.9. The average molecular weight is 520 g/mol. The Morgan fingerprint density at radius 3 is 2.60 bits per heavy atom. The van der Waals surface area contributed by atoms with Gasteiger partial charge in [-0.3, -0.25) is 4.79 Å². The van der Waals surface area contributed by atoms with Crippen LogP contribution in [0.5, 0.6) is 11.5 Å². The topological polar surface area (TPSA) is 128 Å². The van der Waals surface area contributed by atoms with Gasteiger partial charge in [0.2, 0.25) is 11.9 Å². The molecule has 1 aliphatic rings. The highest BCUT2D eigenvalue weighted by atomic mass is 35.5. The Hall–Kier alpha value is -3.34. The molecule has 10 nitrogen and oxygen atoms in total. The first-order valence-electron chi connectivity index (χ1n) is 10.7. The SMILES string of the molecule is C=CC(=O)N[C@H]1CCNC[C@H]1Nc1ncc2cc(-c3c(Cl)c(OC)cc(OC)c3Cl)oc(=O)c2n1. The molecule has 1 aliphatic heterocycles. The monoisotopic (exact) mass is 519 g/mol. The summed E-state index contributed by atoms with van der Waals surface area (Å²) in [5.41, 5.74) is -0.376. The van der Waals surface area contributed by atoms with Crippen molar-refractivity contribution in [3.05, 3.63) is 51.4 Å². The third-order valence-electron chi connectivity index (χ3n) is 5.63. The lowest BCUT2D eigenvalue weighted by atomic mass is 10.0. The highest BCUT2D eigenvalue weighted by molar-refractivity contribution is 6.41. The number of carbonyl (C=O) groups is 1. The lowest BCUT2D eigenvalue weighted by Gasteiger charge is -2.33. The van der Waals surface area contributed by atoms with Gasteiger partial charge in [0, 0.05) is 24.2 Å². The van der Waals surface area contributed by atoms with Gasteiger partial charge < -0.3 is 29.8 Å². The minimum Gasteiger partial charge on any atom is -0.495 e. The van der Waals surface area contributed by atoms with E-state index in [1.807, 2.05) is 0 Å². The predicted molar refractivity (Wildman–Crippen MR) is 134 cm³/mol. The molecule has 0 unspecified atom stereocenters. The number of halogens is 2. The van der Waals surface area contributed by atoms with Gasteiger partial charge in [0.15, 0.2) is 5.52 Å². The number of ether oxygens (including phenoxy) is 2. The Labute approximate surface area is 210 Å². The fraction of sp³-hybridized carbons (Fsp3) is 0.304. The summed E-state index contributed by atoms with van der Waals surface area (Å²) in [6.07, 6.45) is 3.44. The van der Waals surface area contributed by atoms with Crippen molar-refractivity contribution < 1.29 is 18.7 Å². The Kier molecular flexibility index (Phi) is 7.44. The van der Waals surface area contributed by atoms with E-state index < -0.39 is 5.63 Å². The molecule has 0 radical (unpaired) electrons. The van der Waals surface area contributed by atoms with Crippen LogP contribution in [0, 0.1) is 0 Å². The normalized spacial score (nSPS) is 17.6. The van der Waals surface area contributed by atoms with Gasteiger partial charge in [-0.25, -0.2) is 14.8 Å². The highest BCUT2D eigenvalue weighted by Crippen LogP contribution is 2.46. The summed E-state index contributed by atoms with van der Waals surface area (Å²) in [5.74, 6) is 0.690. The number of carbonyl (C=O) groups excluding carboxylic acids is 1. The smallest absolute Gasteiger partial charge is 0.363 e. The Balaban J connectivity index is 1.69. The number of rotatable bonds is 7. The zero-order valence-electron chi connectivity index (χ0n) is 19.0. The molecule has 0 spiro atoms. The second-order valence-corrected chi connectivity index (χ2v) is 8.50. The van der Waals surface area contributed by atoms with Crippen molar-refractivity contribution >= 4 is 46.0 Å². The van der Waals surface area contributed by atoms with Crippen LogP contribution in [0.2, 0.25) is 10.0 Å². The molecule has 35 heavy (non-hydrogen) atoms. The van der Waals surface area contributed by atoms with Gasteiger partial charge in [0.05, 0.1) is 41.9 Å².